The van der Waals surface area contributed by atoms with Gasteiger partial charge in [-0.05, 0) is 19.3 Å². The van der Waals surface area contributed by atoms with Crippen LogP contribution in [0.15, 0.2) is 12.4 Å². The normalized spacial score (nSPS) is 18.3. The van der Waals surface area contributed by atoms with Crippen LogP contribution in [0.1, 0.15) is 30.9 Å². The number of alkyl halides is 1. The highest BCUT2D eigenvalue weighted by Crippen LogP contribution is 2.30. The van der Waals surface area contributed by atoms with Gasteiger partial charge in [-0.3, -0.25) is 4.68 Å². The fourth-order valence-corrected chi connectivity index (χ4v) is 1.44. The van der Waals surface area contributed by atoms with E-state index in [1.807, 2.05) is 10.9 Å². The van der Waals surface area contributed by atoms with E-state index in [9.17, 15) is 0 Å². The molecule has 2 nitrogen and oxygen atoms in total. The van der Waals surface area contributed by atoms with E-state index in [2.05, 4.69) is 11.3 Å². The van der Waals surface area contributed by atoms with Crippen LogP contribution in [0.3, 0.4) is 0 Å². The van der Waals surface area contributed by atoms with Crippen LogP contribution in [0.25, 0.3) is 0 Å². The molecule has 0 saturated heterocycles. The minimum atomic E-state index is 0.576. The van der Waals surface area contributed by atoms with Crippen molar-refractivity contribution in [2.75, 3.05) is 0 Å². The van der Waals surface area contributed by atoms with Crippen molar-refractivity contribution >= 4 is 11.6 Å². The summed E-state index contributed by atoms with van der Waals surface area (Å²) in [5.74, 6) is 0.576. The highest BCUT2D eigenvalue weighted by molar-refractivity contribution is 6.17. The minimum absolute atomic E-state index is 0.576. The molecule has 0 radical (unpaired) electrons. The van der Waals surface area contributed by atoms with Gasteiger partial charge >= 0.3 is 0 Å². The number of aromatic nitrogens is 2. The van der Waals surface area contributed by atoms with E-state index >= 15 is 0 Å². The summed E-state index contributed by atoms with van der Waals surface area (Å²) in [6.07, 6.45) is 7.82. The van der Waals surface area contributed by atoms with Crippen molar-refractivity contribution < 1.29 is 0 Å². The van der Waals surface area contributed by atoms with Crippen molar-refractivity contribution in [1.82, 2.24) is 9.78 Å². The third-order valence-electron chi connectivity index (χ3n) is 2.26. The van der Waals surface area contributed by atoms with E-state index in [0.29, 0.717) is 11.9 Å². The van der Waals surface area contributed by atoms with Crippen molar-refractivity contribution in [1.29, 1.82) is 0 Å². The van der Waals surface area contributed by atoms with Gasteiger partial charge in [0.25, 0.3) is 0 Å². The van der Waals surface area contributed by atoms with Crippen molar-refractivity contribution in [3.05, 3.63) is 18.0 Å². The largest absolute Gasteiger partial charge is 0.269 e. The summed E-state index contributed by atoms with van der Waals surface area (Å²) in [7, 11) is 0. The van der Waals surface area contributed by atoms with E-state index in [4.69, 9.17) is 11.6 Å². The Morgan fingerprint density at radius 2 is 2.45 bits per heavy atom. The molecule has 1 aliphatic carbocycles. The predicted octanol–water partition coefficient (Wildman–Crippen LogP) is 2.35. The van der Waals surface area contributed by atoms with Crippen LogP contribution in [0.5, 0.6) is 0 Å². The molecule has 1 fully saturated rings. The van der Waals surface area contributed by atoms with Gasteiger partial charge in [-0.1, -0.05) is 0 Å². The van der Waals surface area contributed by atoms with Crippen LogP contribution >= 0.6 is 11.6 Å². The maximum Gasteiger partial charge on any atom is 0.0534 e. The summed E-state index contributed by atoms with van der Waals surface area (Å²) in [5, 5.41) is 4.24. The smallest absolute Gasteiger partial charge is 0.0534 e. The van der Waals surface area contributed by atoms with Crippen molar-refractivity contribution in [2.45, 2.75) is 31.2 Å². The van der Waals surface area contributed by atoms with E-state index in [1.54, 1.807) is 0 Å². The number of halogens is 1. The summed E-state index contributed by atoms with van der Waals surface area (Å²) in [4.78, 5) is 0. The van der Waals surface area contributed by atoms with Crippen molar-refractivity contribution in [3.63, 3.8) is 0 Å². The standard InChI is InChI=1S/C8H11ClN2/c9-4-7-5-10-11(6-7)8-2-1-3-8/h5-6,8H,1-4H2. The number of rotatable bonds is 2. The molecule has 60 valence electrons. The average molecular weight is 171 g/mol. The molecule has 1 aliphatic rings. The molecule has 1 saturated carbocycles. The second kappa shape index (κ2) is 2.86. The molecule has 1 aromatic heterocycles. The lowest BCUT2D eigenvalue weighted by Gasteiger charge is -2.25. The number of hydrogen-bond donors (Lipinski definition) is 0. The Labute approximate surface area is 71.2 Å². The van der Waals surface area contributed by atoms with Gasteiger partial charge in [-0.15, -0.1) is 11.6 Å². The van der Waals surface area contributed by atoms with Gasteiger partial charge in [0.05, 0.1) is 18.1 Å². The van der Waals surface area contributed by atoms with Crippen LogP contribution in [0.2, 0.25) is 0 Å². The average Bonchev–Trinajstić information content (AvgIpc) is 2.32. The molecule has 0 atom stereocenters. The molecule has 0 bridgehead atoms. The van der Waals surface area contributed by atoms with Gasteiger partial charge in [0.1, 0.15) is 0 Å². The minimum Gasteiger partial charge on any atom is -0.269 e. The molecule has 1 aromatic rings. The second-order valence-corrected chi connectivity index (χ2v) is 3.31. The Balaban J connectivity index is 2.11. The van der Waals surface area contributed by atoms with E-state index < -0.39 is 0 Å². The Bertz CT molecular complexity index is 240. The Morgan fingerprint density at radius 1 is 1.64 bits per heavy atom. The zero-order chi connectivity index (χ0) is 7.68. The van der Waals surface area contributed by atoms with Crippen LogP contribution in [-0.2, 0) is 5.88 Å². The lowest BCUT2D eigenvalue weighted by atomic mass is 9.93. The fraction of sp³-hybridized carbons (Fsp3) is 0.625. The topological polar surface area (TPSA) is 17.8 Å². The summed E-state index contributed by atoms with van der Waals surface area (Å²) in [6, 6.07) is 0.659. The summed E-state index contributed by atoms with van der Waals surface area (Å²) in [6.45, 7) is 0. The van der Waals surface area contributed by atoms with Crippen molar-refractivity contribution in [3.8, 4) is 0 Å². The second-order valence-electron chi connectivity index (χ2n) is 3.05. The van der Waals surface area contributed by atoms with Gasteiger partial charge in [0, 0.05) is 11.8 Å². The highest BCUT2D eigenvalue weighted by atomic mass is 35.5. The number of hydrogen-bond acceptors (Lipinski definition) is 1. The molecule has 0 N–H and O–H groups in total. The van der Waals surface area contributed by atoms with Crippen LogP contribution in [0.4, 0.5) is 0 Å². The van der Waals surface area contributed by atoms with E-state index in [-0.39, 0.29) is 0 Å². The third kappa shape index (κ3) is 1.27. The van der Waals surface area contributed by atoms with Crippen molar-refractivity contribution in [2.24, 2.45) is 0 Å². The molecule has 0 spiro atoms. The maximum atomic E-state index is 5.65. The quantitative estimate of drug-likeness (QED) is 0.623. The Morgan fingerprint density at radius 3 is 2.91 bits per heavy atom. The molecule has 0 amide bonds. The van der Waals surface area contributed by atoms with Crippen LogP contribution in [0, 0.1) is 0 Å². The molecule has 2 rings (SSSR count). The molecule has 0 aromatic carbocycles. The van der Waals surface area contributed by atoms with Crippen LogP contribution in [-0.4, -0.2) is 9.78 Å². The van der Waals surface area contributed by atoms with E-state index in [1.165, 1.54) is 19.3 Å². The lowest BCUT2D eigenvalue weighted by molar-refractivity contribution is 0.289. The summed E-state index contributed by atoms with van der Waals surface area (Å²) < 4.78 is 2.04. The fourth-order valence-electron chi connectivity index (χ4n) is 1.30. The Hall–Kier alpha value is -0.500. The van der Waals surface area contributed by atoms with Gasteiger partial charge in [-0.25, -0.2) is 0 Å². The van der Waals surface area contributed by atoms with Gasteiger partial charge in [0.2, 0.25) is 0 Å². The first-order chi connectivity index (χ1) is 5.40. The number of nitrogens with zero attached hydrogens (tertiary/aromatic N) is 2. The third-order valence-corrected chi connectivity index (χ3v) is 2.57. The zero-order valence-corrected chi connectivity index (χ0v) is 7.09. The molecular formula is C8H11ClN2. The molecule has 0 unspecified atom stereocenters. The maximum absolute atomic E-state index is 5.65. The molecule has 3 heteroatoms. The van der Waals surface area contributed by atoms with Gasteiger partial charge in [0.15, 0.2) is 0 Å². The van der Waals surface area contributed by atoms with E-state index in [0.717, 1.165) is 5.56 Å². The highest BCUT2D eigenvalue weighted by Gasteiger charge is 2.19. The molecular weight excluding hydrogens is 160 g/mol. The van der Waals surface area contributed by atoms with Crippen LogP contribution < -0.4 is 0 Å². The molecule has 11 heavy (non-hydrogen) atoms. The molecule has 0 aliphatic heterocycles. The van der Waals surface area contributed by atoms with Gasteiger partial charge < -0.3 is 0 Å². The summed E-state index contributed by atoms with van der Waals surface area (Å²) >= 11 is 5.65. The summed E-state index contributed by atoms with van der Waals surface area (Å²) in [5.41, 5.74) is 1.12. The van der Waals surface area contributed by atoms with Gasteiger partial charge in [-0.2, -0.15) is 5.10 Å². The lowest BCUT2D eigenvalue weighted by Crippen LogP contribution is -2.16. The first kappa shape index (κ1) is 7.17. The zero-order valence-electron chi connectivity index (χ0n) is 6.33. The first-order valence-electron chi connectivity index (χ1n) is 3.99. The predicted molar refractivity (Wildman–Crippen MR) is 44.7 cm³/mol. The SMILES string of the molecule is ClCc1cnn(C2CCC2)c1. The molecule has 1 heterocycles. The Kier molecular flexibility index (Phi) is 1.86. The first-order valence-corrected chi connectivity index (χ1v) is 4.52. The monoisotopic (exact) mass is 170 g/mol.